The molecule has 0 saturated heterocycles. The molecule has 0 aliphatic carbocycles. The number of hydrogen-bond acceptors (Lipinski definition) is 1. The lowest BCUT2D eigenvalue weighted by Crippen LogP contribution is -2.37. The summed E-state index contributed by atoms with van der Waals surface area (Å²) in [6, 6.07) is 14.3. The van der Waals surface area contributed by atoms with Gasteiger partial charge < -0.3 is 4.90 Å². The molecule has 0 N–H and O–H groups in total. The zero-order valence-electron chi connectivity index (χ0n) is 10.1. The molecule has 0 bridgehead atoms. The highest BCUT2D eigenvalue weighted by Crippen LogP contribution is 2.38. The van der Waals surface area contributed by atoms with E-state index >= 15 is 0 Å². The lowest BCUT2D eigenvalue weighted by molar-refractivity contribution is 0.572. The molecule has 1 unspecified atom stereocenters. The van der Waals surface area contributed by atoms with Crippen molar-refractivity contribution in [3.63, 3.8) is 0 Å². The molecule has 0 amide bonds. The standard InChI is InChI=1S/C16H14FN/c17-14-6-5-11-8-15-9-12-3-1-2-4-16(12)18(15)10-13(11)7-14/h1-7,15H,8-10H2. The third-order valence-corrected chi connectivity index (χ3v) is 4.16. The van der Waals surface area contributed by atoms with Gasteiger partial charge in [0, 0.05) is 18.3 Å². The molecule has 2 aliphatic rings. The van der Waals surface area contributed by atoms with Gasteiger partial charge in [-0.05, 0) is 47.7 Å². The van der Waals surface area contributed by atoms with Crippen LogP contribution in [-0.4, -0.2) is 6.04 Å². The van der Waals surface area contributed by atoms with Crippen LogP contribution in [0.2, 0.25) is 0 Å². The maximum absolute atomic E-state index is 13.3. The average molecular weight is 239 g/mol. The van der Waals surface area contributed by atoms with Crippen LogP contribution in [0, 0.1) is 5.82 Å². The van der Waals surface area contributed by atoms with Crippen LogP contribution in [0.5, 0.6) is 0 Å². The minimum Gasteiger partial charge on any atom is -0.363 e. The largest absolute Gasteiger partial charge is 0.363 e. The Morgan fingerprint density at radius 1 is 0.944 bits per heavy atom. The number of para-hydroxylation sites is 1. The summed E-state index contributed by atoms with van der Waals surface area (Å²) in [4.78, 5) is 2.43. The Kier molecular flexibility index (Phi) is 2.01. The highest BCUT2D eigenvalue weighted by Gasteiger charge is 2.33. The van der Waals surface area contributed by atoms with Crippen LogP contribution in [0.25, 0.3) is 0 Å². The first-order valence-electron chi connectivity index (χ1n) is 6.43. The Morgan fingerprint density at radius 3 is 2.72 bits per heavy atom. The van der Waals surface area contributed by atoms with Gasteiger partial charge in [0.2, 0.25) is 0 Å². The van der Waals surface area contributed by atoms with E-state index in [0.29, 0.717) is 6.04 Å². The van der Waals surface area contributed by atoms with Crippen LogP contribution in [0.4, 0.5) is 10.1 Å². The molecule has 2 aromatic rings. The second kappa shape index (κ2) is 3.58. The summed E-state index contributed by atoms with van der Waals surface area (Å²) in [5.74, 6) is -0.125. The lowest BCUT2D eigenvalue weighted by atomic mass is 9.94. The van der Waals surface area contributed by atoms with Crippen LogP contribution in [0.1, 0.15) is 16.7 Å². The maximum Gasteiger partial charge on any atom is 0.123 e. The van der Waals surface area contributed by atoms with Gasteiger partial charge in [0.25, 0.3) is 0 Å². The summed E-state index contributed by atoms with van der Waals surface area (Å²) in [7, 11) is 0. The minimum atomic E-state index is -0.125. The lowest BCUT2D eigenvalue weighted by Gasteiger charge is -2.33. The number of fused-ring (bicyclic) bond motifs is 4. The number of anilines is 1. The molecule has 2 heterocycles. The van der Waals surface area contributed by atoms with Crippen LogP contribution < -0.4 is 4.90 Å². The van der Waals surface area contributed by atoms with Gasteiger partial charge in [-0.15, -0.1) is 0 Å². The third kappa shape index (κ3) is 1.38. The Balaban J connectivity index is 1.78. The molecular formula is C16H14FN. The molecule has 1 atom stereocenters. The van der Waals surface area contributed by atoms with Gasteiger partial charge in [-0.25, -0.2) is 4.39 Å². The van der Waals surface area contributed by atoms with E-state index < -0.39 is 0 Å². The highest BCUT2D eigenvalue weighted by molar-refractivity contribution is 5.61. The van der Waals surface area contributed by atoms with E-state index in [9.17, 15) is 4.39 Å². The van der Waals surface area contributed by atoms with Gasteiger partial charge in [-0.1, -0.05) is 24.3 Å². The Labute approximate surface area is 106 Å². The summed E-state index contributed by atoms with van der Waals surface area (Å²) >= 11 is 0. The number of nitrogens with zero attached hydrogens (tertiary/aromatic N) is 1. The van der Waals surface area contributed by atoms with Crippen molar-refractivity contribution < 1.29 is 4.39 Å². The molecule has 2 aromatic carbocycles. The van der Waals surface area contributed by atoms with Gasteiger partial charge in [0.15, 0.2) is 0 Å². The summed E-state index contributed by atoms with van der Waals surface area (Å²) in [5, 5.41) is 0. The first-order chi connectivity index (χ1) is 8.81. The van der Waals surface area contributed by atoms with E-state index in [4.69, 9.17) is 0 Å². The van der Waals surface area contributed by atoms with Crippen molar-refractivity contribution in [3.8, 4) is 0 Å². The fourth-order valence-corrected chi connectivity index (χ4v) is 3.30. The van der Waals surface area contributed by atoms with Crippen LogP contribution >= 0.6 is 0 Å². The number of halogens is 1. The highest BCUT2D eigenvalue weighted by atomic mass is 19.1. The topological polar surface area (TPSA) is 3.24 Å². The van der Waals surface area contributed by atoms with Crippen molar-refractivity contribution in [2.45, 2.75) is 25.4 Å². The molecule has 0 saturated carbocycles. The first kappa shape index (κ1) is 10.1. The van der Waals surface area contributed by atoms with Gasteiger partial charge in [-0.2, -0.15) is 0 Å². The van der Waals surface area contributed by atoms with E-state index in [1.165, 1.54) is 16.8 Å². The van der Waals surface area contributed by atoms with Crippen LogP contribution in [0.3, 0.4) is 0 Å². The second-order valence-electron chi connectivity index (χ2n) is 5.23. The predicted molar refractivity (Wildman–Crippen MR) is 70.2 cm³/mol. The molecule has 0 radical (unpaired) electrons. The van der Waals surface area contributed by atoms with Gasteiger partial charge >= 0.3 is 0 Å². The molecule has 0 fully saturated rings. The van der Waals surface area contributed by atoms with Crippen LogP contribution in [-0.2, 0) is 19.4 Å². The molecule has 18 heavy (non-hydrogen) atoms. The first-order valence-corrected chi connectivity index (χ1v) is 6.43. The number of benzene rings is 2. The zero-order chi connectivity index (χ0) is 12.1. The zero-order valence-corrected chi connectivity index (χ0v) is 10.1. The minimum absolute atomic E-state index is 0.125. The quantitative estimate of drug-likeness (QED) is 0.681. The monoisotopic (exact) mass is 239 g/mol. The Morgan fingerprint density at radius 2 is 1.78 bits per heavy atom. The van der Waals surface area contributed by atoms with E-state index in [1.54, 1.807) is 12.1 Å². The number of hydrogen-bond donors (Lipinski definition) is 0. The van der Waals surface area contributed by atoms with Crippen molar-refractivity contribution >= 4 is 5.69 Å². The van der Waals surface area contributed by atoms with Gasteiger partial charge in [0.05, 0.1) is 0 Å². The van der Waals surface area contributed by atoms with Gasteiger partial charge in [0.1, 0.15) is 5.82 Å². The van der Waals surface area contributed by atoms with Crippen molar-refractivity contribution in [1.82, 2.24) is 0 Å². The molecular weight excluding hydrogens is 225 g/mol. The normalized spacial score (nSPS) is 20.3. The Hall–Kier alpha value is -1.83. The smallest absolute Gasteiger partial charge is 0.123 e. The molecule has 4 rings (SSSR count). The fourth-order valence-electron chi connectivity index (χ4n) is 3.30. The number of rotatable bonds is 0. The van der Waals surface area contributed by atoms with Gasteiger partial charge in [-0.3, -0.25) is 0 Å². The predicted octanol–water partition coefficient (Wildman–Crippen LogP) is 3.31. The molecule has 0 aromatic heterocycles. The Bertz CT molecular complexity index is 620. The average Bonchev–Trinajstić information content (AvgIpc) is 2.74. The maximum atomic E-state index is 13.3. The SMILES string of the molecule is Fc1ccc2c(c1)CN1c3ccccc3CC1C2. The fraction of sp³-hybridized carbons (Fsp3) is 0.250. The third-order valence-electron chi connectivity index (χ3n) is 4.16. The van der Waals surface area contributed by atoms with E-state index in [1.807, 2.05) is 6.07 Å². The molecule has 1 nitrogen and oxygen atoms in total. The second-order valence-corrected chi connectivity index (χ2v) is 5.23. The summed E-state index contributed by atoms with van der Waals surface area (Å²) in [5.41, 5.74) is 5.21. The van der Waals surface area contributed by atoms with E-state index in [2.05, 4.69) is 29.2 Å². The summed E-state index contributed by atoms with van der Waals surface area (Å²) in [6.07, 6.45) is 2.15. The van der Waals surface area contributed by atoms with E-state index in [-0.39, 0.29) is 5.82 Å². The molecule has 2 heteroatoms. The summed E-state index contributed by atoms with van der Waals surface area (Å²) in [6.45, 7) is 0.842. The van der Waals surface area contributed by atoms with Crippen molar-refractivity contribution in [2.75, 3.05) is 4.90 Å². The van der Waals surface area contributed by atoms with Crippen LogP contribution in [0.15, 0.2) is 42.5 Å². The van der Waals surface area contributed by atoms with Crippen molar-refractivity contribution in [1.29, 1.82) is 0 Å². The van der Waals surface area contributed by atoms with Crippen molar-refractivity contribution in [3.05, 3.63) is 65.0 Å². The molecule has 90 valence electrons. The molecule has 2 aliphatic heterocycles. The van der Waals surface area contributed by atoms with E-state index in [0.717, 1.165) is 24.9 Å². The summed E-state index contributed by atoms with van der Waals surface area (Å²) < 4.78 is 13.3. The van der Waals surface area contributed by atoms with Crippen molar-refractivity contribution in [2.24, 2.45) is 0 Å². The molecule has 0 spiro atoms.